The molecule has 1 aliphatic rings. The number of alkyl halides is 1. The van der Waals surface area contributed by atoms with Crippen LogP contribution in [0.1, 0.15) is 42.8 Å². The molecule has 3 aromatic rings. The number of aryl methyl sites for hydroxylation is 3. The van der Waals surface area contributed by atoms with Gasteiger partial charge in [-0.2, -0.15) is 15.1 Å². The van der Waals surface area contributed by atoms with Crippen LogP contribution in [0.4, 0.5) is 16.2 Å². The molecule has 0 aromatic carbocycles. The van der Waals surface area contributed by atoms with Gasteiger partial charge in [0, 0.05) is 39.0 Å². The highest BCUT2D eigenvalue weighted by molar-refractivity contribution is 5.84. The van der Waals surface area contributed by atoms with Crippen LogP contribution in [-0.4, -0.2) is 69.2 Å². The van der Waals surface area contributed by atoms with Crippen LogP contribution in [0.3, 0.4) is 0 Å². The van der Waals surface area contributed by atoms with E-state index in [-0.39, 0.29) is 6.10 Å². The quantitative estimate of drug-likeness (QED) is 0.552. The average Bonchev–Trinajstić information content (AvgIpc) is 3.21. The Balaban J connectivity index is 1.75. The van der Waals surface area contributed by atoms with Gasteiger partial charge in [0.05, 0.1) is 30.7 Å². The molecule has 2 atom stereocenters. The van der Waals surface area contributed by atoms with Crippen LogP contribution in [0.15, 0.2) is 12.4 Å². The van der Waals surface area contributed by atoms with Crippen LogP contribution in [0.2, 0.25) is 0 Å². The van der Waals surface area contributed by atoms with Crippen molar-refractivity contribution in [2.75, 3.05) is 43.1 Å². The maximum atomic E-state index is 14.2. The number of rotatable bonds is 7. The van der Waals surface area contributed by atoms with Crippen LogP contribution in [0.25, 0.3) is 11.2 Å². The molecule has 10 heteroatoms. The molecule has 0 spiro atoms. The fourth-order valence-corrected chi connectivity index (χ4v) is 4.04. The molecule has 0 N–H and O–H groups in total. The number of piperidine rings is 1. The van der Waals surface area contributed by atoms with E-state index in [1.807, 2.05) is 38.9 Å². The fourth-order valence-electron chi connectivity index (χ4n) is 4.04. The van der Waals surface area contributed by atoms with E-state index in [0.29, 0.717) is 49.0 Å². The lowest BCUT2D eigenvalue weighted by molar-refractivity contribution is 0.108. The minimum absolute atomic E-state index is 0.192. The summed E-state index contributed by atoms with van der Waals surface area (Å²) in [6, 6.07) is 0. The lowest BCUT2D eigenvalue weighted by Crippen LogP contribution is -2.38. The third-order valence-electron chi connectivity index (χ3n) is 6.01. The molecule has 9 nitrogen and oxygen atoms in total. The van der Waals surface area contributed by atoms with E-state index in [1.165, 1.54) is 0 Å². The second kappa shape index (κ2) is 9.32. The van der Waals surface area contributed by atoms with Crippen LogP contribution in [0, 0.1) is 13.8 Å². The summed E-state index contributed by atoms with van der Waals surface area (Å²) in [4.78, 5) is 23.1. The summed E-state index contributed by atoms with van der Waals surface area (Å²) in [6.45, 7) is 8.16. The van der Waals surface area contributed by atoms with Crippen molar-refractivity contribution in [3.8, 4) is 0 Å². The number of likely N-dealkylation sites (N-methyl/N-ethyl adjacent to an activating group) is 1. The first-order chi connectivity index (χ1) is 15.4. The zero-order valence-electron chi connectivity index (χ0n) is 19.4. The summed E-state index contributed by atoms with van der Waals surface area (Å²) in [6.07, 6.45) is 4.05. The zero-order chi connectivity index (χ0) is 22.8. The topological polar surface area (TPSA) is 85.1 Å². The highest BCUT2D eigenvalue weighted by atomic mass is 19.1. The number of ether oxygens (including phenoxy) is 1. The minimum Gasteiger partial charge on any atom is -0.375 e. The third kappa shape index (κ3) is 4.50. The van der Waals surface area contributed by atoms with Gasteiger partial charge < -0.3 is 14.5 Å². The average molecular weight is 443 g/mol. The van der Waals surface area contributed by atoms with E-state index in [2.05, 4.69) is 15.0 Å². The summed E-state index contributed by atoms with van der Waals surface area (Å²) in [5, 5.41) is 4.26. The van der Waals surface area contributed by atoms with Gasteiger partial charge in [-0.1, -0.05) is 0 Å². The van der Waals surface area contributed by atoms with Crippen LogP contribution in [0.5, 0.6) is 0 Å². The van der Waals surface area contributed by atoms with Crippen molar-refractivity contribution in [2.45, 2.75) is 45.9 Å². The van der Waals surface area contributed by atoms with E-state index < -0.39 is 6.17 Å². The van der Waals surface area contributed by atoms with Gasteiger partial charge in [-0.3, -0.25) is 4.68 Å². The number of nitrogens with zero attached hydrogens (tertiary/aromatic N) is 8. The first kappa shape index (κ1) is 22.3. The van der Waals surface area contributed by atoms with Crippen molar-refractivity contribution >= 4 is 22.9 Å². The molecule has 3 aromatic heterocycles. The van der Waals surface area contributed by atoms with Gasteiger partial charge in [-0.25, -0.2) is 14.4 Å². The van der Waals surface area contributed by atoms with Gasteiger partial charge in [0.25, 0.3) is 0 Å². The molecular weight excluding hydrogens is 411 g/mol. The van der Waals surface area contributed by atoms with Gasteiger partial charge in [0.1, 0.15) is 12.3 Å². The smallest absolute Gasteiger partial charge is 0.229 e. The van der Waals surface area contributed by atoms with Crippen molar-refractivity contribution in [1.82, 2.24) is 29.7 Å². The van der Waals surface area contributed by atoms with Gasteiger partial charge in [0.15, 0.2) is 17.0 Å². The Labute approximate surface area is 187 Å². The number of hydrogen-bond donors (Lipinski definition) is 0. The maximum absolute atomic E-state index is 14.2. The molecule has 1 saturated heterocycles. The molecule has 0 bridgehead atoms. The SMILES string of the molecule is CCN(CC(OC)c1cnn(C)c1)c1nc(N2CCCC(F)C2)c2nc(C)c(C)nc2n1. The molecule has 4 heterocycles. The lowest BCUT2D eigenvalue weighted by Gasteiger charge is -2.32. The predicted octanol–water partition coefficient (Wildman–Crippen LogP) is 2.92. The highest BCUT2D eigenvalue weighted by Gasteiger charge is 2.26. The van der Waals surface area contributed by atoms with E-state index >= 15 is 0 Å². The Morgan fingerprint density at radius 3 is 2.66 bits per heavy atom. The van der Waals surface area contributed by atoms with E-state index in [4.69, 9.17) is 19.7 Å². The largest absolute Gasteiger partial charge is 0.375 e. The maximum Gasteiger partial charge on any atom is 0.229 e. The van der Waals surface area contributed by atoms with Crippen molar-refractivity contribution in [3.05, 3.63) is 29.3 Å². The van der Waals surface area contributed by atoms with E-state index in [0.717, 1.165) is 29.9 Å². The Kier molecular flexibility index (Phi) is 6.50. The molecule has 32 heavy (non-hydrogen) atoms. The number of hydrogen-bond acceptors (Lipinski definition) is 8. The number of aromatic nitrogens is 6. The Morgan fingerprint density at radius 1 is 1.22 bits per heavy atom. The summed E-state index contributed by atoms with van der Waals surface area (Å²) < 4.78 is 21.7. The number of anilines is 2. The monoisotopic (exact) mass is 442 g/mol. The molecule has 0 radical (unpaired) electrons. The molecule has 0 saturated carbocycles. The standard InChI is InChI=1S/C22H31FN8O/c1-6-30(13-18(32-5)16-10-24-29(4)11-16)22-27-20-19(25-14(2)15(3)26-20)21(28-22)31-9-7-8-17(23)12-31/h10-11,17-18H,6-9,12-13H2,1-5H3. The predicted molar refractivity (Wildman–Crippen MR) is 122 cm³/mol. The number of fused-ring (bicyclic) bond motifs is 1. The zero-order valence-corrected chi connectivity index (χ0v) is 19.4. The van der Waals surface area contributed by atoms with Gasteiger partial charge in [0.2, 0.25) is 5.95 Å². The molecule has 172 valence electrons. The van der Waals surface area contributed by atoms with Crippen molar-refractivity contribution < 1.29 is 9.13 Å². The minimum atomic E-state index is -0.873. The summed E-state index contributed by atoms with van der Waals surface area (Å²) in [5.74, 6) is 1.19. The van der Waals surface area contributed by atoms with Crippen LogP contribution in [-0.2, 0) is 11.8 Å². The summed E-state index contributed by atoms with van der Waals surface area (Å²) in [5.41, 5.74) is 3.79. The molecule has 0 aliphatic carbocycles. The summed E-state index contributed by atoms with van der Waals surface area (Å²) in [7, 11) is 3.57. The van der Waals surface area contributed by atoms with E-state index in [9.17, 15) is 4.39 Å². The first-order valence-electron chi connectivity index (χ1n) is 11.1. The van der Waals surface area contributed by atoms with Gasteiger partial charge in [-0.05, 0) is 33.6 Å². The normalized spacial score (nSPS) is 17.7. The third-order valence-corrected chi connectivity index (χ3v) is 6.01. The highest BCUT2D eigenvalue weighted by Crippen LogP contribution is 2.29. The molecule has 0 amide bonds. The van der Waals surface area contributed by atoms with E-state index in [1.54, 1.807) is 18.0 Å². The molecule has 2 unspecified atom stereocenters. The van der Waals surface area contributed by atoms with Crippen LogP contribution < -0.4 is 9.80 Å². The van der Waals surface area contributed by atoms with Crippen molar-refractivity contribution in [1.29, 1.82) is 0 Å². The number of halogens is 1. The van der Waals surface area contributed by atoms with Gasteiger partial charge in [-0.15, -0.1) is 0 Å². The number of methoxy groups -OCH3 is 1. The molecule has 4 rings (SSSR count). The van der Waals surface area contributed by atoms with Gasteiger partial charge >= 0.3 is 0 Å². The molecule has 1 aliphatic heterocycles. The summed E-state index contributed by atoms with van der Waals surface area (Å²) >= 11 is 0. The Hall–Kier alpha value is -2.88. The van der Waals surface area contributed by atoms with Crippen molar-refractivity contribution in [2.24, 2.45) is 7.05 Å². The molecule has 1 fully saturated rings. The first-order valence-corrected chi connectivity index (χ1v) is 11.1. The lowest BCUT2D eigenvalue weighted by atomic mass is 10.1. The van der Waals surface area contributed by atoms with Crippen LogP contribution >= 0.6 is 0 Å². The second-order valence-electron chi connectivity index (χ2n) is 8.31. The Bertz CT molecular complexity index is 1090. The Morgan fingerprint density at radius 2 is 2.00 bits per heavy atom. The molecular formula is C22H31FN8O. The van der Waals surface area contributed by atoms with Crippen molar-refractivity contribution in [3.63, 3.8) is 0 Å². The fraction of sp³-hybridized carbons (Fsp3) is 0.591. The second-order valence-corrected chi connectivity index (χ2v) is 8.31.